The molecule has 2 aromatic carbocycles. The van der Waals surface area contributed by atoms with E-state index in [9.17, 15) is 9.18 Å². The van der Waals surface area contributed by atoms with Crippen molar-refractivity contribution in [1.29, 1.82) is 0 Å². The standard InChI is InChI=1S/C20H24FNO3S/c1-4-24-18-11-10-15(12-19(18)25-5-2)22-20(23)13-26-14(3)16-8-6-7-9-17(16)21/h6-12,14H,4-5,13H2,1-3H3,(H,22,23). The van der Waals surface area contributed by atoms with Crippen LogP contribution in [0.2, 0.25) is 0 Å². The lowest BCUT2D eigenvalue weighted by molar-refractivity contribution is -0.113. The van der Waals surface area contributed by atoms with Crippen molar-refractivity contribution in [1.82, 2.24) is 0 Å². The topological polar surface area (TPSA) is 47.6 Å². The summed E-state index contributed by atoms with van der Waals surface area (Å²) in [6.07, 6.45) is 0. The summed E-state index contributed by atoms with van der Waals surface area (Å²) in [6.45, 7) is 6.73. The Bertz CT molecular complexity index is 739. The van der Waals surface area contributed by atoms with Gasteiger partial charge in [-0.3, -0.25) is 4.79 Å². The zero-order valence-electron chi connectivity index (χ0n) is 15.3. The summed E-state index contributed by atoms with van der Waals surface area (Å²) in [5.74, 6) is 1.08. The zero-order chi connectivity index (χ0) is 18.9. The van der Waals surface area contributed by atoms with Crippen molar-refractivity contribution in [3.8, 4) is 11.5 Å². The van der Waals surface area contributed by atoms with Crippen LogP contribution in [-0.4, -0.2) is 24.9 Å². The number of anilines is 1. The number of benzene rings is 2. The van der Waals surface area contributed by atoms with Crippen molar-refractivity contribution >= 4 is 23.4 Å². The summed E-state index contributed by atoms with van der Waals surface area (Å²) in [6, 6.07) is 11.9. The third kappa shape index (κ3) is 5.66. The van der Waals surface area contributed by atoms with E-state index in [1.54, 1.807) is 36.4 Å². The third-order valence-corrected chi connectivity index (χ3v) is 4.82. The SMILES string of the molecule is CCOc1ccc(NC(=O)CSC(C)c2ccccc2F)cc1OCC. The minimum Gasteiger partial charge on any atom is -0.490 e. The quantitative estimate of drug-likeness (QED) is 0.664. The molecule has 0 radical (unpaired) electrons. The van der Waals surface area contributed by atoms with Crippen molar-refractivity contribution in [2.45, 2.75) is 26.0 Å². The fourth-order valence-corrected chi connectivity index (χ4v) is 3.27. The van der Waals surface area contributed by atoms with E-state index in [1.165, 1.54) is 17.8 Å². The maximum Gasteiger partial charge on any atom is 0.234 e. The van der Waals surface area contributed by atoms with E-state index in [1.807, 2.05) is 20.8 Å². The molecule has 0 aliphatic rings. The van der Waals surface area contributed by atoms with Gasteiger partial charge in [-0.1, -0.05) is 18.2 Å². The molecule has 0 saturated heterocycles. The highest BCUT2D eigenvalue weighted by atomic mass is 32.2. The van der Waals surface area contributed by atoms with Gasteiger partial charge in [-0.25, -0.2) is 4.39 Å². The van der Waals surface area contributed by atoms with E-state index in [2.05, 4.69) is 5.32 Å². The molecule has 0 fully saturated rings. The van der Waals surface area contributed by atoms with Crippen LogP contribution in [-0.2, 0) is 4.79 Å². The summed E-state index contributed by atoms with van der Waals surface area (Å²) >= 11 is 1.39. The smallest absolute Gasteiger partial charge is 0.234 e. The number of ether oxygens (including phenoxy) is 2. The molecule has 0 aliphatic heterocycles. The van der Waals surface area contributed by atoms with Crippen molar-refractivity contribution in [3.63, 3.8) is 0 Å². The van der Waals surface area contributed by atoms with Crippen LogP contribution in [0.25, 0.3) is 0 Å². The molecule has 0 aromatic heterocycles. The average Bonchev–Trinajstić information content (AvgIpc) is 2.62. The van der Waals surface area contributed by atoms with Crippen LogP contribution in [0, 0.1) is 5.82 Å². The molecule has 0 bridgehead atoms. The van der Waals surface area contributed by atoms with Gasteiger partial charge in [0.25, 0.3) is 0 Å². The second-order valence-corrected chi connectivity index (χ2v) is 6.88. The normalized spacial score (nSPS) is 11.7. The first-order valence-electron chi connectivity index (χ1n) is 8.60. The maximum atomic E-state index is 13.8. The van der Waals surface area contributed by atoms with Crippen molar-refractivity contribution in [2.24, 2.45) is 0 Å². The number of halogens is 1. The predicted octanol–water partition coefficient (Wildman–Crippen LogP) is 5.06. The number of rotatable bonds is 9. The molecule has 0 spiro atoms. The molecule has 0 heterocycles. The summed E-state index contributed by atoms with van der Waals surface area (Å²) in [4.78, 5) is 12.2. The molecule has 6 heteroatoms. The van der Waals surface area contributed by atoms with E-state index in [0.717, 1.165) is 0 Å². The maximum absolute atomic E-state index is 13.8. The lowest BCUT2D eigenvalue weighted by Crippen LogP contribution is -2.15. The van der Waals surface area contributed by atoms with Gasteiger partial charge in [-0.15, -0.1) is 11.8 Å². The van der Waals surface area contributed by atoms with E-state index >= 15 is 0 Å². The molecule has 2 rings (SSSR count). The summed E-state index contributed by atoms with van der Waals surface area (Å²) in [5, 5.41) is 2.73. The highest BCUT2D eigenvalue weighted by Crippen LogP contribution is 2.32. The highest BCUT2D eigenvalue weighted by Gasteiger charge is 2.14. The number of amides is 1. The van der Waals surface area contributed by atoms with Crippen LogP contribution >= 0.6 is 11.8 Å². The number of nitrogens with one attached hydrogen (secondary N) is 1. The van der Waals surface area contributed by atoms with Gasteiger partial charge in [0.05, 0.1) is 19.0 Å². The number of carbonyl (C=O) groups is 1. The molecule has 0 aliphatic carbocycles. The van der Waals surface area contributed by atoms with Crippen molar-refractivity contribution < 1.29 is 18.7 Å². The van der Waals surface area contributed by atoms with Crippen LogP contribution in [0.3, 0.4) is 0 Å². The second-order valence-electron chi connectivity index (χ2n) is 5.55. The third-order valence-electron chi connectivity index (χ3n) is 3.63. The Balaban J connectivity index is 1.95. The predicted molar refractivity (Wildman–Crippen MR) is 105 cm³/mol. The number of thioether (sulfide) groups is 1. The Morgan fingerprint density at radius 3 is 2.50 bits per heavy atom. The number of hydrogen-bond donors (Lipinski definition) is 1. The van der Waals surface area contributed by atoms with Crippen LogP contribution in [0.15, 0.2) is 42.5 Å². The minimum absolute atomic E-state index is 0.110. The second kappa shape index (κ2) is 10.1. The van der Waals surface area contributed by atoms with E-state index in [-0.39, 0.29) is 22.7 Å². The monoisotopic (exact) mass is 377 g/mol. The Hall–Kier alpha value is -2.21. The van der Waals surface area contributed by atoms with Crippen molar-refractivity contribution in [2.75, 3.05) is 24.3 Å². The molecule has 4 nitrogen and oxygen atoms in total. The molecule has 0 saturated carbocycles. The van der Waals surface area contributed by atoms with Crippen LogP contribution in [0.4, 0.5) is 10.1 Å². The van der Waals surface area contributed by atoms with E-state index in [0.29, 0.717) is 36.0 Å². The van der Waals surface area contributed by atoms with Gasteiger partial charge in [0.15, 0.2) is 11.5 Å². The van der Waals surface area contributed by atoms with E-state index < -0.39 is 0 Å². The molecule has 1 amide bonds. The first-order valence-corrected chi connectivity index (χ1v) is 9.65. The molecule has 1 unspecified atom stereocenters. The first kappa shape index (κ1) is 20.1. The Morgan fingerprint density at radius 2 is 1.81 bits per heavy atom. The minimum atomic E-state index is -0.249. The van der Waals surface area contributed by atoms with Gasteiger partial charge >= 0.3 is 0 Å². The summed E-state index contributed by atoms with van der Waals surface area (Å²) in [7, 11) is 0. The van der Waals surface area contributed by atoms with Gasteiger partial charge in [-0.2, -0.15) is 0 Å². The Morgan fingerprint density at radius 1 is 1.12 bits per heavy atom. The molecule has 2 aromatic rings. The average molecular weight is 377 g/mol. The molecule has 140 valence electrons. The summed E-state index contributed by atoms with van der Waals surface area (Å²) < 4.78 is 24.9. The zero-order valence-corrected chi connectivity index (χ0v) is 16.1. The largest absolute Gasteiger partial charge is 0.490 e. The molecular formula is C20H24FNO3S. The highest BCUT2D eigenvalue weighted by molar-refractivity contribution is 8.00. The Labute approximate surface area is 158 Å². The van der Waals surface area contributed by atoms with Crippen LogP contribution in [0.5, 0.6) is 11.5 Å². The lowest BCUT2D eigenvalue weighted by Gasteiger charge is -2.14. The van der Waals surface area contributed by atoms with Crippen molar-refractivity contribution in [3.05, 3.63) is 53.8 Å². The van der Waals surface area contributed by atoms with Gasteiger partial charge in [0.1, 0.15) is 5.82 Å². The van der Waals surface area contributed by atoms with Gasteiger partial charge in [-0.05, 0) is 39.0 Å². The fourth-order valence-electron chi connectivity index (χ4n) is 2.42. The van der Waals surface area contributed by atoms with E-state index in [4.69, 9.17) is 9.47 Å². The summed E-state index contributed by atoms with van der Waals surface area (Å²) in [5.41, 5.74) is 1.24. The van der Waals surface area contributed by atoms with Gasteiger partial charge in [0.2, 0.25) is 5.91 Å². The first-order chi connectivity index (χ1) is 12.5. The van der Waals surface area contributed by atoms with Gasteiger partial charge in [0, 0.05) is 22.6 Å². The Kier molecular flexibility index (Phi) is 7.78. The number of hydrogen-bond acceptors (Lipinski definition) is 4. The van der Waals surface area contributed by atoms with Crippen LogP contribution < -0.4 is 14.8 Å². The fraction of sp³-hybridized carbons (Fsp3) is 0.350. The molecule has 1 N–H and O–H groups in total. The van der Waals surface area contributed by atoms with Gasteiger partial charge < -0.3 is 14.8 Å². The molecule has 26 heavy (non-hydrogen) atoms. The lowest BCUT2D eigenvalue weighted by atomic mass is 10.1. The molecule has 1 atom stereocenters. The van der Waals surface area contributed by atoms with Crippen LogP contribution in [0.1, 0.15) is 31.6 Å². The molecular weight excluding hydrogens is 353 g/mol. The number of carbonyl (C=O) groups excluding carboxylic acids is 1.